The molecule has 0 N–H and O–H groups in total. The summed E-state index contributed by atoms with van der Waals surface area (Å²) in [5.41, 5.74) is 3.26. The molecule has 2 rings (SSSR count). The van der Waals surface area contributed by atoms with E-state index in [-0.39, 0.29) is 5.91 Å². The number of amides is 1. The van der Waals surface area contributed by atoms with Gasteiger partial charge in [0.2, 0.25) is 0 Å². The summed E-state index contributed by atoms with van der Waals surface area (Å²) < 4.78 is 5.49. The summed E-state index contributed by atoms with van der Waals surface area (Å²) in [6.07, 6.45) is 1.02. The molecular weight excluding hydrogens is 286 g/mol. The third kappa shape index (κ3) is 3.67. The molecule has 0 unspecified atom stereocenters. The summed E-state index contributed by atoms with van der Waals surface area (Å²) in [5.74, 6) is 1.27. The number of halogens is 1. The van der Waals surface area contributed by atoms with Crippen LogP contribution in [-0.4, -0.2) is 17.9 Å². The largest absolute Gasteiger partial charge is 0.456 e. The lowest BCUT2D eigenvalue weighted by Crippen LogP contribution is -2.25. The van der Waals surface area contributed by atoms with E-state index >= 15 is 0 Å². The molecule has 0 aliphatic heterocycles. The minimum Gasteiger partial charge on any atom is -0.456 e. The molecular formula is C17H20ClNO2. The highest BCUT2D eigenvalue weighted by Gasteiger charge is 2.18. The molecule has 4 heteroatoms. The summed E-state index contributed by atoms with van der Waals surface area (Å²) in [4.78, 5) is 14.0. The van der Waals surface area contributed by atoms with Crippen molar-refractivity contribution in [2.45, 2.75) is 32.7 Å². The molecule has 1 amide bonds. The van der Waals surface area contributed by atoms with E-state index in [1.54, 1.807) is 18.0 Å². The van der Waals surface area contributed by atoms with Gasteiger partial charge in [0.1, 0.15) is 5.76 Å². The molecule has 0 bridgehead atoms. The number of aryl methyl sites for hydroxylation is 2. The predicted molar refractivity (Wildman–Crippen MR) is 84.6 cm³/mol. The van der Waals surface area contributed by atoms with Gasteiger partial charge in [-0.3, -0.25) is 4.79 Å². The van der Waals surface area contributed by atoms with Gasteiger partial charge in [-0.25, -0.2) is 0 Å². The molecule has 1 aromatic heterocycles. The summed E-state index contributed by atoms with van der Waals surface area (Å²) in [6.45, 7) is 4.50. The molecule has 21 heavy (non-hydrogen) atoms. The Morgan fingerprint density at radius 1 is 1.24 bits per heavy atom. The molecule has 0 saturated heterocycles. The third-order valence-electron chi connectivity index (χ3n) is 3.57. The Balaban J connectivity index is 2.07. The van der Waals surface area contributed by atoms with Crippen molar-refractivity contribution >= 4 is 17.5 Å². The Kier molecular flexibility index (Phi) is 5.07. The number of carbonyl (C=O) groups excluding carboxylic acids is 1. The maximum Gasteiger partial charge on any atom is 0.289 e. The summed E-state index contributed by atoms with van der Waals surface area (Å²) in [6, 6.07) is 10.0. The van der Waals surface area contributed by atoms with Gasteiger partial charge in [-0.15, -0.1) is 11.6 Å². The van der Waals surface area contributed by atoms with Gasteiger partial charge in [0.15, 0.2) is 5.76 Å². The van der Waals surface area contributed by atoms with Crippen molar-refractivity contribution in [3.63, 3.8) is 0 Å². The fraction of sp³-hybridized carbons (Fsp3) is 0.353. The molecule has 0 aliphatic rings. The first-order valence-corrected chi connectivity index (χ1v) is 7.57. The Morgan fingerprint density at radius 2 is 1.86 bits per heavy atom. The number of furan rings is 1. The van der Waals surface area contributed by atoms with E-state index < -0.39 is 0 Å². The Hall–Kier alpha value is -1.74. The SMILES string of the molecule is CCc1ccc(CN(C)C(=O)c2cc(CCl)c(C)o2)cc1. The quantitative estimate of drug-likeness (QED) is 0.777. The number of nitrogens with zero attached hydrogens (tertiary/aromatic N) is 1. The first-order chi connectivity index (χ1) is 10.0. The zero-order valence-corrected chi connectivity index (χ0v) is 13.4. The fourth-order valence-corrected chi connectivity index (χ4v) is 2.44. The third-order valence-corrected chi connectivity index (χ3v) is 3.86. The van der Waals surface area contributed by atoms with Crippen molar-refractivity contribution in [3.05, 3.63) is 58.5 Å². The topological polar surface area (TPSA) is 33.5 Å². The molecule has 0 aliphatic carbocycles. The summed E-state index contributed by atoms with van der Waals surface area (Å²) >= 11 is 5.80. The van der Waals surface area contributed by atoms with Crippen molar-refractivity contribution in [2.75, 3.05) is 7.05 Å². The predicted octanol–water partition coefficient (Wildman–Crippen LogP) is 4.16. The zero-order valence-electron chi connectivity index (χ0n) is 12.6. The fourth-order valence-electron chi connectivity index (χ4n) is 2.17. The molecule has 0 fully saturated rings. The van der Waals surface area contributed by atoms with E-state index in [1.807, 2.05) is 6.92 Å². The van der Waals surface area contributed by atoms with E-state index in [2.05, 4.69) is 31.2 Å². The van der Waals surface area contributed by atoms with E-state index in [0.717, 1.165) is 17.5 Å². The second kappa shape index (κ2) is 6.81. The maximum absolute atomic E-state index is 12.3. The minimum absolute atomic E-state index is 0.131. The Bertz CT molecular complexity index is 616. The van der Waals surface area contributed by atoms with Crippen molar-refractivity contribution < 1.29 is 9.21 Å². The Morgan fingerprint density at radius 3 is 2.38 bits per heavy atom. The first-order valence-electron chi connectivity index (χ1n) is 7.03. The standard InChI is InChI=1S/C17H20ClNO2/c1-4-13-5-7-14(8-6-13)11-19(3)17(20)16-9-15(10-18)12(2)21-16/h5-9H,4,10-11H2,1-3H3. The number of hydrogen-bond donors (Lipinski definition) is 0. The highest BCUT2D eigenvalue weighted by Crippen LogP contribution is 2.18. The normalized spacial score (nSPS) is 10.7. The van der Waals surface area contributed by atoms with Crippen LogP contribution in [0.2, 0.25) is 0 Å². The van der Waals surface area contributed by atoms with Crippen molar-refractivity contribution in [1.82, 2.24) is 4.90 Å². The molecule has 0 atom stereocenters. The van der Waals surface area contributed by atoms with Crippen LogP contribution in [0.1, 0.15) is 39.9 Å². The summed E-state index contributed by atoms with van der Waals surface area (Å²) in [5, 5.41) is 0. The average molecular weight is 306 g/mol. The minimum atomic E-state index is -0.131. The molecule has 1 aromatic carbocycles. The van der Waals surface area contributed by atoms with Gasteiger partial charge in [0.25, 0.3) is 5.91 Å². The van der Waals surface area contributed by atoms with E-state index in [9.17, 15) is 4.79 Å². The molecule has 0 spiro atoms. The maximum atomic E-state index is 12.3. The van der Waals surface area contributed by atoms with Crippen LogP contribution in [-0.2, 0) is 18.8 Å². The van der Waals surface area contributed by atoms with Gasteiger partial charge in [-0.05, 0) is 30.5 Å². The van der Waals surface area contributed by atoms with Crippen LogP contribution < -0.4 is 0 Å². The number of alkyl halides is 1. The van der Waals surface area contributed by atoms with Gasteiger partial charge in [-0.1, -0.05) is 31.2 Å². The number of carbonyl (C=O) groups is 1. The first kappa shape index (κ1) is 15.6. The monoisotopic (exact) mass is 305 g/mol. The van der Waals surface area contributed by atoms with Gasteiger partial charge >= 0.3 is 0 Å². The number of rotatable bonds is 5. The lowest BCUT2D eigenvalue weighted by Gasteiger charge is -2.16. The lowest BCUT2D eigenvalue weighted by atomic mass is 10.1. The van der Waals surface area contributed by atoms with E-state index in [1.165, 1.54) is 5.56 Å². The van der Waals surface area contributed by atoms with Crippen molar-refractivity contribution in [2.24, 2.45) is 0 Å². The van der Waals surface area contributed by atoms with Crippen LogP contribution in [0.5, 0.6) is 0 Å². The van der Waals surface area contributed by atoms with Crippen LogP contribution in [0.3, 0.4) is 0 Å². The second-order valence-corrected chi connectivity index (χ2v) is 5.42. The van der Waals surface area contributed by atoms with Crippen LogP contribution in [0.25, 0.3) is 0 Å². The van der Waals surface area contributed by atoms with Gasteiger partial charge in [-0.2, -0.15) is 0 Å². The number of hydrogen-bond acceptors (Lipinski definition) is 2. The van der Waals surface area contributed by atoms with Crippen molar-refractivity contribution in [3.8, 4) is 0 Å². The van der Waals surface area contributed by atoms with Crippen molar-refractivity contribution in [1.29, 1.82) is 0 Å². The number of benzene rings is 1. The summed E-state index contributed by atoms with van der Waals surface area (Å²) in [7, 11) is 1.77. The molecule has 0 saturated carbocycles. The Labute approximate surface area is 130 Å². The second-order valence-electron chi connectivity index (χ2n) is 5.16. The smallest absolute Gasteiger partial charge is 0.289 e. The lowest BCUT2D eigenvalue weighted by molar-refractivity contribution is 0.0752. The molecule has 2 aromatic rings. The highest BCUT2D eigenvalue weighted by molar-refractivity contribution is 6.17. The molecule has 3 nitrogen and oxygen atoms in total. The van der Waals surface area contributed by atoms with E-state index in [4.69, 9.17) is 16.0 Å². The molecule has 0 radical (unpaired) electrons. The molecule has 1 heterocycles. The van der Waals surface area contributed by atoms with Crippen LogP contribution in [0.15, 0.2) is 34.7 Å². The van der Waals surface area contributed by atoms with Crippen LogP contribution in [0, 0.1) is 6.92 Å². The van der Waals surface area contributed by atoms with Crippen LogP contribution >= 0.6 is 11.6 Å². The van der Waals surface area contributed by atoms with E-state index in [0.29, 0.717) is 23.9 Å². The van der Waals surface area contributed by atoms with Gasteiger partial charge in [0.05, 0.1) is 5.88 Å². The average Bonchev–Trinajstić information content (AvgIpc) is 2.88. The molecule has 112 valence electrons. The zero-order chi connectivity index (χ0) is 15.4. The van der Waals surface area contributed by atoms with Gasteiger partial charge in [0, 0.05) is 19.2 Å². The highest BCUT2D eigenvalue weighted by atomic mass is 35.5. The van der Waals surface area contributed by atoms with Crippen LogP contribution in [0.4, 0.5) is 0 Å². The van der Waals surface area contributed by atoms with Gasteiger partial charge < -0.3 is 9.32 Å².